The molecule has 0 aliphatic carbocycles. The molecule has 16 heavy (non-hydrogen) atoms. The summed E-state index contributed by atoms with van der Waals surface area (Å²) in [4.78, 5) is 24.2. The first kappa shape index (κ1) is 10.2. The summed E-state index contributed by atoms with van der Waals surface area (Å²) in [6.07, 6.45) is 0. The number of carboxylic acid groups (broad SMARTS) is 1. The fraction of sp³-hybridized carbons (Fsp3) is 0.100. The molecule has 2 aromatic rings. The van der Waals surface area contributed by atoms with Gasteiger partial charge in [-0.15, -0.1) is 5.10 Å². The Morgan fingerprint density at radius 2 is 2.25 bits per heavy atom. The Morgan fingerprint density at radius 3 is 2.81 bits per heavy atom. The SMILES string of the molecule is Cc1cccc(-n2nc(C(=O)O)[nH]c2=O)c1. The van der Waals surface area contributed by atoms with Gasteiger partial charge in [0.25, 0.3) is 0 Å². The van der Waals surface area contributed by atoms with Gasteiger partial charge < -0.3 is 5.11 Å². The summed E-state index contributed by atoms with van der Waals surface area (Å²) >= 11 is 0. The Hall–Kier alpha value is -2.37. The zero-order chi connectivity index (χ0) is 11.7. The standard InChI is InChI=1S/C10H9N3O3/c1-6-3-2-4-7(5-6)13-10(16)11-8(12-13)9(14)15/h2-5H,1H3,(H,14,15)(H,11,12,16). The zero-order valence-corrected chi connectivity index (χ0v) is 8.47. The lowest BCUT2D eigenvalue weighted by atomic mass is 10.2. The molecule has 82 valence electrons. The van der Waals surface area contributed by atoms with E-state index in [4.69, 9.17) is 5.11 Å². The largest absolute Gasteiger partial charge is 0.475 e. The first-order valence-electron chi connectivity index (χ1n) is 4.57. The average Bonchev–Trinajstić information content (AvgIpc) is 2.60. The van der Waals surface area contributed by atoms with Crippen LogP contribution >= 0.6 is 0 Å². The average molecular weight is 219 g/mol. The lowest BCUT2D eigenvalue weighted by Gasteiger charge is -1.99. The normalized spacial score (nSPS) is 10.3. The van der Waals surface area contributed by atoms with Crippen molar-refractivity contribution in [1.29, 1.82) is 0 Å². The summed E-state index contributed by atoms with van der Waals surface area (Å²) in [5.74, 6) is -1.63. The van der Waals surface area contributed by atoms with Crippen molar-refractivity contribution in [3.63, 3.8) is 0 Å². The molecule has 0 atom stereocenters. The summed E-state index contributed by atoms with van der Waals surface area (Å²) in [7, 11) is 0. The molecule has 6 heteroatoms. The third-order valence-electron chi connectivity index (χ3n) is 2.07. The molecule has 0 saturated carbocycles. The van der Waals surface area contributed by atoms with Crippen LogP contribution in [-0.4, -0.2) is 25.8 Å². The van der Waals surface area contributed by atoms with Crippen LogP contribution in [0.15, 0.2) is 29.1 Å². The summed E-state index contributed by atoms with van der Waals surface area (Å²) < 4.78 is 1.02. The third kappa shape index (κ3) is 1.72. The summed E-state index contributed by atoms with van der Waals surface area (Å²) in [6, 6.07) is 7.07. The fourth-order valence-electron chi connectivity index (χ4n) is 1.36. The van der Waals surface area contributed by atoms with Gasteiger partial charge in [0.15, 0.2) is 0 Å². The quantitative estimate of drug-likeness (QED) is 0.772. The van der Waals surface area contributed by atoms with Crippen LogP contribution in [0.3, 0.4) is 0 Å². The number of hydrogen-bond acceptors (Lipinski definition) is 3. The Bertz CT molecular complexity index is 597. The minimum atomic E-state index is -1.26. The van der Waals surface area contributed by atoms with Gasteiger partial charge in [0.05, 0.1) is 5.69 Å². The van der Waals surface area contributed by atoms with Crippen LogP contribution in [0, 0.1) is 6.92 Å². The smallest absolute Gasteiger partial charge is 0.373 e. The number of hydrogen-bond donors (Lipinski definition) is 2. The van der Waals surface area contributed by atoms with E-state index < -0.39 is 11.7 Å². The molecule has 0 aliphatic rings. The maximum atomic E-state index is 11.4. The van der Waals surface area contributed by atoms with E-state index in [9.17, 15) is 9.59 Å². The minimum Gasteiger partial charge on any atom is -0.475 e. The van der Waals surface area contributed by atoms with Crippen LogP contribution in [0.25, 0.3) is 5.69 Å². The van der Waals surface area contributed by atoms with Gasteiger partial charge in [-0.2, -0.15) is 4.68 Å². The zero-order valence-electron chi connectivity index (χ0n) is 8.47. The van der Waals surface area contributed by atoms with Gasteiger partial charge in [-0.3, -0.25) is 4.98 Å². The lowest BCUT2D eigenvalue weighted by Crippen LogP contribution is -2.15. The Kier molecular flexibility index (Phi) is 2.32. The predicted molar refractivity (Wildman–Crippen MR) is 55.9 cm³/mol. The van der Waals surface area contributed by atoms with Crippen molar-refractivity contribution in [2.45, 2.75) is 6.92 Å². The summed E-state index contributed by atoms with van der Waals surface area (Å²) in [5.41, 5.74) is 0.932. The number of rotatable bonds is 2. The molecule has 6 nitrogen and oxygen atoms in total. The second-order valence-corrected chi connectivity index (χ2v) is 3.33. The predicted octanol–water partition coefficient (Wildman–Crippen LogP) is 0.567. The summed E-state index contributed by atoms with van der Waals surface area (Å²) in [5, 5.41) is 12.3. The monoisotopic (exact) mass is 219 g/mol. The molecule has 0 spiro atoms. The van der Waals surface area contributed by atoms with Crippen molar-refractivity contribution in [1.82, 2.24) is 14.8 Å². The molecule has 0 saturated heterocycles. The number of benzene rings is 1. The number of H-pyrrole nitrogens is 1. The highest BCUT2D eigenvalue weighted by Gasteiger charge is 2.12. The van der Waals surface area contributed by atoms with Crippen LogP contribution in [-0.2, 0) is 0 Å². The van der Waals surface area contributed by atoms with Crippen molar-refractivity contribution in [3.05, 3.63) is 46.1 Å². The number of aromatic nitrogens is 3. The first-order valence-corrected chi connectivity index (χ1v) is 4.57. The number of carboxylic acids is 1. The molecular formula is C10H9N3O3. The summed E-state index contributed by atoms with van der Waals surface area (Å²) in [6.45, 7) is 1.87. The van der Waals surface area contributed by atoms with Crippen molar-refractivity contribution in [2.75, 3.05) is 0 Å². The van der Waals surface area contributed by atoms with Crippen LogP contribution in [0.4, 0.5) is 0 Å². The number of aromatic amines is 1. The molecule has 1 aromatic heterocycles. The molecule has 2 N–H and O–H groups in total. The molecule has 0 unspecified atom stereocenters. The number of nitrogens with one attached hydrogen (secondary N) is 1. The van der Waals surface area contributed by atoms with Crippen LogP contribution in [0.1, 0.15) is 16.2 Å². The van der Waals surface area contributed by atoms with Gasteiger partial charge in [-0.05, 0) is 24.6 Å². The van der Waals surface area contributed by atoms with Crippen LogP contribution < -0.4 is 5.69 Å². The second kappa shape index (κ2) is 3.65. The Balaban J connectivity index is 2.56. The topological polar surface area (TPSA) is 88.0 Å². The van der Waals surface area contributed by atoms with Crippen molar-refractivity contribution in [3.8, 4) is 5.69 Å². The molecule has 2 rings (SSSR count). The van der Waals surface area contributed by atoms with Gasteiger partial charge in [0.1, 0.15) is 0 Å². The molecule has 1 heterocycles. The van der Waals surface area contributed by atoms with Crippen LogP contribution in [0.5, 0.6) is 0 Å². The molecule has 1 aromatic carbocycles. The molecule has 0 aliphatic heterocycles. The first-order chi connectivity index (χ1) is 7.58. The van der Waals surface area contributed by atoms with E-state index in [1.54, 1.807) is 18.2 Å². The van der Waals surface area contributed by atoms with Crippen LogP contribution in [0.2, 0.25) is 0 Å². The number of aromatic carboxylic acids is 1. The van der Waals surface area contributed by atoms with E-state index in [1.807, 2.05) is 13.0 Å². The minimum absolute atomic E-state index is 0.369. The van der Waals surface area contributed by atoms with E-state index in [0.717, 1.165) is 10.2 Å². The maximum absolute atomic E-state index is 11.4. The number of nitrogens with zero attached hydrogens (tertiary/aromatic N) is 2. The maximum Gasteiger partial charge on any atom is 0.373 e. The Labute approximate surface area is 90.2 Å². The molecule has 0 radical (unpaired) electrons. The highest BCUT2D eigenvalue weighted by atomic mass is 16.4. The molecular weight excluding hydrogens is 210 g/mol. The van der Waals surface area contributed by atoms with E-state index in [2.05, 4.69) is 10.1 Å². The van der Waals surface area contributed by atoms with E-state index >= 15 is 0 Å². The van der Waals surface area contributed by atoms with E-state index in [-0.39, 0.29) is 5.82 Å². The van der Waals surface area contributed by atoms with Gasteiger partial charge >= 0.3 is 11.7 Å². The fourth-order valence-corrected chi connectivity index (χ4v) is 1.36. The van der Waals surface area contributed by atoms with Crippen molar-refractivity contribution < 1.29 is 9.90 Å². The Morgan fingerprint density at radius 1 is 1.50 bits per heavy atom. The van der Waals surface area contributed by atoms with Crippen molar-refractivity contribution >= 4 is 5.97 Å². The lowest BCUT2D eigenvalue weighted by molar-refractivity contribution is 0.0683. The molecule has 0 fully saturated rings. The second-order valence-electron chi connectivity index (χ2n) is 3.33. The number of carbonyl (C=O) groups is 1. The number of aryl methyl sites for hydroxylation is 1. The highest BCUT2D eigenvalue weighted by molar-refractivity contribution is 5.82. The van der Waals surface area contributed by atoms with E-state index in [1.165, 1.54) is 0 Å². The van der Waals surface area contributed by atoms with Crippen molar-refractivity contribution in [2.24, 2.45) is 0 Å². The van der Waals surface area contributed by atoms with Gasteiger partial charge in [0.2, 0.25) is 5.82 Å². The third-order valence-corrected chi connectivity index (χ3v) is 2.07. The van der Waals surface area contributed by atoms with Gasteiger partial charge in [-0.1, -0.05) is 12.1 Å². The van der Waals surface area contributed by atoms with E-state index in [0.29, 0.717) is 5.69 Å². The molecule has 0 bridgehead atoms. The highest BCUT2D eigenvalue weighted by Crippen LogP contribution is 2.06. The molecule has 0 amide bonds. The van der Waals surface area contributed by atoms with Gasteiger partial charge in [-0.25, -0.2) is 9.59 Å². The van der Waals surface area contributed by atoms with Gasteiger partial charge in [0, 0.05) is 0 Å².